The number of ketones is 1. The highest BCUT2D eigenvalue weighted by molar-refractivity contribution is 7.12. The summed E-state index contributed by atoms with van der Waals surface area (Å²) in [5, 5.41) is 15.9. The van der Waals surface area contributed by atoms with Crippen molar-refractivity contribution in [3.63, 3.8) is 0 Å². The molecule has 1 saturated heterocycles. The Kier molecular flexibility index (Phi) is 6.27. The Hall–Kier alpha value is -3.05. The van der Waals surface area contributed by atoms with Gasteiger partial charge in [-0.3, -0.25) is 4.79 Å². The predicted octanol–water partition coefficient (Wildman–Crippen LogP) is 3.43. The minimum Gasteiger partial charge on any atom is -0.493 e. The van der Waals surface area contributed by atoms with Crippen LogP contribution in [0.5, 0.6) is 11.5 Å². The van der Waals surface area contributed by atoms with Gasteiger partial charge in [0.05, 0.1) is 18.0 Å². The first-order chi connectivity index (χ1) is 14.6. The standard InChI is InChI=1S/C20H19F3N2O5S/c1-3-8-30-12-7-6-11(10-13(12)29-2)16-15(17(26)14-5-4-9-31-14)19(28,20(21,22)23)25-18(27)24-16/h3-7,9-10,15-16,28H,1,8H2,2H3,(H2,24,25,27). The third kappa shape index (κ3) is 4.23. The number of methoxy groups -OCH3 is 1. The number of ether oxygens (including phenoxy) is 2. The third-order valence-electron chi connectivity index (χ3n) is 4.76. The molecule has 166 valence electrons. The molecule has 2 aromatic rings. The second-order valence-corrected chi connectivity index (χ2v) is 7.62. The Bertz CT molecular complexity index is 980. The first-order valence-corrected chi connectivity index (χ1v) is 9.87. The maximum absolute atomic E-state index is 13.9. The van der Waals surface area contributed by atoms with E-state index in [2.05, 4.69) is 11.9 Å². The van der Waals surface area contributed by atoms with Crippen LogP contribution in [-0.2, 0) is 0 Å². The molecular weight excluding hydrogens is 437 g/mol. The second-order valence-electron chi connectivity index (χ2n) is 6.67. The third-order valence-corrected chi connectivity index (χ3v) is 5.64. The molecule has 3 unspecified atom stereocenters. The summed E-state index contributed by atoms with van der Waals surface area (Å²) in [6.45, 7) is 3.69. The van der Waals surface area contributed by atoms with E-state index < -0.39 is 35.7 Å². The fourth-order valence-corrected chi connectivity index (χ4v) is 4.04. The van der Waals surface area contributed by atoms with Crippen molar-refractivity contribution in [1.82, 2.24) is 10.6 Å². The van der Waals surface area contributed by atoms with E-state index in [4.69, 9.17) is 9.47 Å². The van der Waals surface area contributed by atoms with Gasteiger partial charge >= 0.3 is 12.2 Å². The molecule has 0 saturated carbocycles. The topological polar surface area (TPSA) is 96.9 Å². The summed E-state index contributed by atoms with van der Waals surface area (Å²) in [5.74, 6) is -2.62. The number of alkyl halides is 3. The molecule has 2 heterocycles. The minimum atomic E-state index is -5.32. The van der Waals surface area contributed by atoms with Gasteiger partial charge in [0, 0.05) is 0 Å². The first-order valence-electron chi connectivity index (χ1n) is 8.99. The Labute approximate surface area is 179 Å². The number of halogens is 3. The largest absolute Gasteiger partial charge is 0.493 e. The van der Waals surface area contributed by atoms with E-state index in [1.807, 2.05) is 0 Å². The molecule has 1 aromatic heterocycles. The number of hydrogen-bond acceptors (Lipinski definition) is 6. The van der Waals surface area contributed by atoms with Crippen molar-refractivity contribution in [3.05, 3.63) is 58.8 Å². The molecule has 1 aromatic carbocycles. The van der Waals surface area contributed by atoms with Crippen molar-refractivity contribution in [1.29, 1.82) is 0 Å². The monoisotopic (exact) mass is 456 g/mol. The van der Waals surface area contributed by atoms with Crippen LogP contribution in [0.15, 0.2) is 48.4 Å². The van der Waals surface area contributed by atoms with Gasteiger partial charge in [0.2, 0.25) is 5.72 Å². The molecule has 3 rings (SSSR count). The highest BCUT2D eigenvalue weighted by atomic mass is 32.1. The molecule has 3 atom stereocenters. The van der Waals surface area contributed by atoms with Gasteiger partial charge in [-0.15, -0.1) is 11.3 Å². The Balaban J connectivity index is 2.12. The van der Waals surface area contributed by atoms with Gasteiger partial charge in [0.1, 0.15) is 12.5 Å². The molecule has 3 N–H and O–H groups in total. The van der Waals surface area contributed by atoms with E-state index in [1.54, 1.807) is 0 Å². The minimum absolute atomic E-state index is 0.00789. The highest BCUT2D eigenvalue weighted by Crippen LogP contribution is 2.45. The van der Waals surface area contributed by atoms with Crippen LogP contribution < -0.4 is 20.1 Å². The molecule has 1 aliphatic heterocycles. The van der Waals surface area contributed by atoms with E-state index >= 15 is 0 Å². The van der Waals surface area contributed by atoms with Crippen molar-refractivity contribution in [2.24, 2.45) is 5.92 Å². The van der Waals surface area contributed by atoms with E-state index in [0.29, 0.717) is 5.75 Å². The van der Waals surface area contributed by atoms with Crippen LogP contribution in [0.1, 0.15) is 21.3 Å². The molecule has 0 radical (unpaired) electrons. The summed E-state index contributed by atoms with van der Waals surface area (Å²) in [5.41, 5.74) is -3.66. The van der Waals surface area contributed by atoms with E-state index in [1.165, 1.54) is 54.2 Å². The van der Waals surface area contributed by atoms with Crippen LogP contribution >= 0.6 is 11.3 Å². The predicted molar refractivity (Wildman–Crippen MR) is 106 cm³/mol. The lowest BCUT2D eigenvalue weighted by molar-refractivity contribution is -0.287. The summed E-state index contributed by atoms with van der Waals surface area (Å²) >= 11 is 0.931. The molecule has 31 heavy (non-hydrogen) atoms. The molecule has 1 aliphatic rings. The van der Waals surface area contributed by atoms with Gasteiger partial charge in [0.25, 0.3) is 0 Å². The zero-order chi connectivity index (χ0) is 22.8. The smallest absolute Gasteiger partial charge is 0.437 e. The Morgan fingerprint density at radius 1 is 1.35 bits per heavy atom. The van der Waals surface area contributed by atoms with Crippen LogP contribution in [0.3, 0.4) is 0 Å². The quantitative estimate of drug-likeness (QED) is 0.438. The molecule has 11 heteroatoms. The number of hydrogen-bond donors (Lipinski definition) is 3. The normalized spacial score (nSPS) is 23.5. The molecule has 2 amide bonds. The lowest BCUT2D eigenvalue weighted by atomic mass is 9.78. The molecule has 0 aliphatic carbocycles. The Morgan fingerprint density at radius 2 is 2.10 bits per heavy atom. The highest BCUT2D eigenvalue weighted by Gasteiger charge is 2.66. The van der Waals surface area contributed by atoms with E-state index in [9.17, 15) is 27.9 Å². The van der Waals surface area contributed by atoms with E-state index in [0.717, 1.165) is 11.3 Å². The van der Waals surface area contributed by atoms with Crippen LogP contribution in [0.4, 0.5) is 18.0 Å². The van der Waals surface area contributed by atoms with Crippen LogP contribution in [0.2, 0.25) is 0 Å². The van der Waals surface area contributed by atoms with E-state index in [-0.39, 0.29) is 22.8 Å². The maximum atomic E-state index is 13.9. The zero-order valence-electron chi connectivity index (χ0n) is 16.2. The van der Waals surface area contributed by atoms with Gasteiger partial charge in [-0.1, -0.05) is 24.8 Å². The summed E-state index contributed by atoms with van der Waals surface area (Å²) in [6.07, 6.45) is -3.82. The van der Waals surface area contributed by atoms with Crippen molar-refractivity contribution in [3.8, 4) is 11.5 Å². The van der Waals surface area contributed by atoms with Crippen molar-refractivity contribution in [2.45, 2.75) is 17.9 Å². The lowest BCUT2D eigenvalue weighted by Gasteiger charge is -2.44. The lowest BCUT2D eigenvalue weighted by Crippen LogP contribution is -2.72. The molecule has 7 nitrogen and oxygen atoms in total. The number of Topliss-reactive ketones (excluding diaryl/α,β-unsaturated/α-hetero) is 1. The number of amides is 2. The fourth-order valence-electron chi connectivity index (χ4n) is 3.33. The second kappa shape index (κ2) is 8.60. The number of aliphatic hydroxyl groups is 1. The SMILES string of the molecule is C=CCOc1ccc(C2NC(=O)NC(O)(C(F)(F)F)C2C(=O)c2cccs2)cc1OC. The first kappa shape index (κ1) is 22.6. The fraction of sp³-hybridized carbons (Fsp3) is 0.300. The summed E-state index contributed by atoms with van der Waals surface area (Å²) in [6, 6.07) is 4.25. The van der Waals surface area contributed by atoms with Gasteiger partial charge in [-0.2, -0.15) is 13.2 Å². The summed E-state index contributed by atoms with van der Waals surface area (Å²) in [4.78, 5) is 25.1. The van der Waals surface area contributed by atoms with Crippen molar-refractivity contribution < 1.29 is 37.3 Å². The van der Waals surface area contributed by atoms with Gasteiger partial charge in [-0.05, 0) is 29.1 Å². The molecule has 0 spiro atoms. The molecule has 0 bridgehead atoms. The maximum Gasteiger partial charge on any atom is 0.437 e. The van der Waals surface area contributed by atoms with Crippen LogP contribution in [0.25, 0.3) is 0 Å². The zero-order valence-corrected chi connectivity index (χ0v) is 17.0. The number of urea groups is 1. The number of rotatable bonds is 7. The Morgan fingerprint density at radius 3 is 2.68 bits per heavy atom. The molecule has 1 fully saturated rings. The number of thiophene rings is 1. The van der Waals surface area contributed by atoms with Gasteiger partial charge in [-0.25, -0.2) is 4.79 Å². The summed E-state index contributed by atoms with van der Waals surface area (Å²) < 4.78 is 52.3. The number of carbonyl (C=O) groups excluding carboxylic acids is 2. The number of benzene rings is 1. The van der Waals surface area contributed by atoms with Gasteiger partial charge < -0.3 is 25.2 Å². The van der Waals surface area contributed by atoms with Crippen molar-refractivity contribution >= 4 is 23.2 Å². The van der Waals surface area contributed by atoms with Crippen LogP contribution in [-0.4, -0.2) is 42.5 Å². The number of nitrogens with one attached hydrogen (secondary N) is 2. The summed E-state index contributed by atoms with van der Waals surface area (Å²) in [7, 11) is 1.33. The number of carbonyl (C=O) groups is 2. The van der Waals surface area contributed by atoms with Crippen molar-refractivity contribution in [2.75, 3.05) is 13.7 Å². The molecular formula is C20H19F3N2O5S. The average Bonchev–Trinajstić information content (AvgIpc) is 3.25. The van der Waals surface area contributed by atoms with Crippen LogP contribution in [0, 0.1) is 5.92 Å². The van der Waals surface area contributed by atoms with Gasteiger partial charge in [0.15, 0.2) is 17.3 Å². The average molecular weight is 456 g/mol.